The summed E-state index contributed by atoms with van der Waals surface area (Å²) in [4.78, 5) is 29.2. The Balaban J connectivity index is 2.20. The third kappa shape index (κ3) is 8.43. The average molecular weight is 618 g/mol. The largest absolute Gasteiger partial charge is 0.573 e. The van der Waals surface area contributed by atoms with E-state index in [1.54, 1.807) is 23.5 Å². The van der Waals surface area contributed by atoms with Gasteiger partial charge in [-0.2, -0.15) is 4.39 Å². The molecule has 0 fully saturated rings. The standard InChI is InChI=1S/C23H22B6ClF5N2O6/c1-40-20(39)10-6-8(4-5-36-10)37-19(38)14-13(7-9(30)15(17(14)32)21(24,25)26)41-12-3-2-11(42-23(33,34)35)16(31)18(12)43-22(27,28)29/h2-7H,24-29H2,1H3,(H,36,37,38). The summed E-state index contributed by atoms with van der Waals surface area (Å²) >= 11 is 6.41. The smallest absolute Gasteiger partial charge is 0.508 e. The molecule has 43 heavy (non-hydrogen) atoms. The lowest BCUT2D eigenvalue weighted by Gasteiger charge is -2.26. The second kappa shape index (κ2) is 12.5. The van der Waals surface area contributed by atoms with Crippen LogP contribution in [0.15, 0.2) is 36.5 Å². The lowest BCUT2D eigenvalue weighted by Crippen LogP contribution is -2.38. The van der Waals surface area contributed by atoms with E-state index in [0.29, 0.717) is 6.07 Å². The van der Waals surface area contributed by atoms with E-state index in [9.17, 15) is 22.8 Å². The number of aromatic nitrogens is 1. The molecule has 0 aliphatic carbocycles. The van der Waals surface area contributed by atoms with Gasteiger partial charge in [0.05, 0.1) is 30.6 Å². The molecule has 20 heteroatoms. The molecule has 8 nitrogen and oxygen atoms in total. The van der Waals surface area contributed by atoms with Crippen LogP contribution in [0.3, 0.4) is 0 Å². The second-order valence-corrected chi connectivity index (χ2v) is 11.5. The van der Waals surface area contributed by atoms with Crippen LogP contribution < -0.4 is 19.5 Å². The summed E-state index contributed by atoms with van der Waals surface area (Å²) < 4.78 is 89.8. The van der Waals surface area contributed by atoms with E-state index in [2.05, 4.69) is 19.8 Å². The van der Waals surface area contributed by atoms with Gasteiger partial charge in [0, 0.05) is 28.3 Å². The summed E-state index contributed by atoms with van der Waals surface area (Å²) in [6.45, 7) is 0. The maximum Gasteiger partial charge on any atom is 0.573 e. The summed E-state index contributed by atoms with van der Waals surface area (Å²) in [5.41, 5.74) is -0.842. The first-order valence-electron chi connectivity index (χ1n) is 12.5. The maximum atomic E-state index is 16.1. The van der Waals surface area contributed by atoms with Gasteiger partial charge in [0.25, 0.3) is 5.91 Å². The fourth-order valence-electron chi connectivity index (χ4n) is 3.82. The number of esters is 1. The molecule has 3 rings (SSSR count). The number of carbonyl (C=O) groups excluding carboxylic acids is 2. The lowest BCUT2D eigenvalue weighted by molar-refractivity contribution is -0.275. The number of halogens is 6. The first-order valence-corrected chi connectivity index (χ1v) is 12.9. The van der Waals surface area contributed by atoms with Gasteiger partial charge < -0.3 is 24.3 Å². The van der Waals surface area contributed by atoms with Gasteiger partial charge in [0.1, 0.15) is 46.4 Å². The molecule has 3 aromatic rings. The van der Waals surface area contributed by atoms with E-state index < -0.39 is 68.8 Å². The summed E-state index contributed by atoms with van der Waals surface area (Å²) in [5, 5.41) is 0.238. The highest BCUT2D eigenvalue weighted by Gasteiger charge is 2.35. The van der Waals surface area contributed by atoms with Gasteiger partial charge in [-0.15, -0.1) is 13.2 Å². The van der Waals surface area contributed by atoms with Crippen molar-refractivity contribution in [2.75, 3.05) is 12.4 Å². The molecule has 0 atom stereocenters. The monoisotopic (exact) mass is 618 g/mol. The van der Waals surface area contributed by atoms with Crippen LogP contribution in [0.5, 0.6) is 23.0 Å². The van der Waals surface area contributed by atoms with Crippen LogP contribution in [0.25, 0.3) is 0 Å². The van der Waals surface area contributed by atoms with Gasteiger partial charge in [-0.05, 0) is 29.8 Å². The van der Waals surface area contributed by atoms with Crippen LogP contribution in [0.4, 0.5) is 27.6 Å². The molecule has 0 unspecified atom stereocenters. The molecule has 1 aromatic heterocycles. The molecule has 0 radical (unpaired) electrons. The van der Waals surface area contributed by atoms with Gasteiger partial charge in [-0.25, -0.2) is 14.2 Å². The van der Waals surface area contributed by atoms with Crippen LogP contribution >= 0.6 is 11.6 Å². The number of hydrogen-bond donors (Lipinski definition) is 1. The number of amides is 1. The molecule has 0 spiro atoms. The Bertz CT molecular complexity index is 1570. The van der Waals surface area contributed by atoms with E-state index in [-0.39, 0.29) is 22.0 Å². The van der Waals surface area contributed by atoms with E-state index in [0.717, 1.165) is 19.2 Å². The number of rotatable bonds is 9. The number of anilines is 1. The number of methoxy groups -OCH3 is 1. The SMILES string of the molecule is BC(B)(B)Oc1c(Oc2cc(Cl)c(C(B)(B)B)c(F)c2C(=O)Nc2ccnc(C(=O)OC)c2)ccc(OC(F)(F)F)c1F. The topological polar surface area (TPSA) is 96.0 Å². The fourth-order valence-corrected chi connectivity index (χ4v) is 4.28. The molecule has 220 valence electrons. The van der Waals surface area contributed by atoms with Crippen molar-refractivity contribution in [2.24, 2.45) is 0 Å². The van der Waals surface area contributed by atoms with Crippen molar-refractivity contribution in [1.82, 2.24) is 4.98 Å². The lowest BCUT2D eigenvalue weighted by atomic mass is 9.40. The van der Waals surface area contributed by atoms with Crippen molar-refractivity contribution in [3.63, 3.8) is 0 Å². The van der Waals surface area contributed by atoms with Crippen LogP contribution in [0.1, 0.15) is 26.4 Å². The van der Waals surface area contributed by atoms with Gasteiger partial charge in [-0.3, -0.25) is 4.79 Å². The number of carbonyl (C=O) groups is 2. The highest BCUT2D eigenvalue weighted by molar-refractivity contribution is 6.60. The molecule has 0 aliphatic heterocycles. The van der Waals surface area contributed by atoms with Gasteiger partial charge in [0.2, 0.25) is 5.82 Å². The summed E-state index contributed by atoms with van der Waals surface area (Å²) in [7, 11) is 10.6. The van der Waals surface area contributed by atoms with Gasteiger partial charge in [-0.1, -0.05) is 16.7 Å². The zero-order chi connectivity index (χ0) is 32.5. The number of nitrogens with zero attached hydrogens (tertiary/aromatic N) is 1. The van der Waals surface area contributed by atoms with Gasteiger partial charge in [0.15, 0.2) is 17.2 Å². The van der Waals surface area contributed by atoms with Crippen LogP contribution in [0, 0.1) is 11.6 Å². The number of ether oxygens (including phenoxy) is 4. The summed E-state index contributed by atoms with van der Waals surface area (Å²) in [6, 6.07) is 5.17. The Morgan fingerprint density at radius 3 is 2.09 bits per heavy atom. The molecule has 0 saturated heterocycles. The Hall–Kier alpha value is -3.74. The summed E-state index contributed by atoms with van der Waals surface area (Å²) in [5.74, 6) is -7.51. The first-order chi connectivity index (χ1) is 19.7. The van der Waals surface area contributed by atoms with E-state index in [1.165, 1.54) is 41.9 Å². The van der Waals surface area contributed by atoms with Gasteiger partial charge >= 0.3 is 12.3 Å². The van der Waals surface area contributed by atoms with Crippen LogP contribution in [0.2, 0.25) is 5.02 Å². The Kier molecular flexibility index (Phi) is 9.79. The van der Waals surface area contributed by atoms with E-state index >= 15 is 8.78 Å². The average Bonchev–Trinajstić information content (AvgIpc) is 2.85. The Morgan fingerprint density at radius 1 is 0.907 bits per heavy atom. The maximum absolute atomic E-state index is 16.1. The minimum atomic E-state index is -5.21. The molecule has 1 amide bonds. The predicted octanol–water partition coefficient (Wildman–Crippen LogP) is -0.358. The van der Waals surface area contributed by atoms with Crippen molar-refractivity contribution in [3.05, 3.63) is 70.0 Å². The fraction of sp³-hybridized carbons (Fsp3) is 0.174. The zero-order valence-electron chi connectivity index (χ0n) is 24.1. The normalized spacial score (nSPS) is 11.9. The quantitative estimate of drug-likeness (QED) is 0.199. The highest BCUT2D eigenvalue weighted by atomic mass is 35.5. The van der Waals surface area contributed by atoms with Crippen LogP contribution in [-0.2, 0) is 9.85 Å². The number of hydrogen-bond acceptors (Lipinski definition) is 7. The minimum Gasteiger partial charge on any atom is -0.508 e. The molecule has 1 N–H and O–H groups in total. The summed E-state index contributed by atoms with van der Waals surface area (Å²) in [6.07, 6.45) is -4.00. The first kappa shape index (κ1) is 33.8. The van der Waals surface area contributed by atoms with Crippen molar-refractivity contribution in [2.45, 2.75) is 16.8 Å². The second-order valence-electron chi connectivity index (χ2n) is 11.1. The number of pyridine rings is 1. The molecular formula is C23H22B6ClF5N2O6. The molecule has 0 saturated carbocycles. The number of alkyl halides is 3. The zero-order valence-corrected chi connectivity index (χ0v) is 24.9. The molecule has 0 aliphatic rings. The predicted molar refractivity (Wildman–Crippen MR) is 164 cm³/mol. The Labute approximate surface area is 253 Å². The van der Waals surface area contributed by atoms with E-state index in [1.807, 2.05) is 0 Å². The minimum absolute atomic E-state index is 0.0365. The number of benzene rings is 2. The molecule has 0 bridgehead atoms. The Morgan fingerprint density at radius 2 is 1.53 bits per heavy atom. The third-order valence-corrected chi connectivity index (χ3v) is 5.75. The molecular weight excluding hydrogens is 596 g/mol. The molecule has 1 heterocycles. The van der Waals surface area contributed by atoms with Crippen LogP contribution in [-0.4, -0.2) is 82.7 Å². The van der Waals surface area contributed by atoms with E-state index in [4.69, 9.17) is 21.1 Å². The van der Waals surface area contributed by atoms with Crippen molar-refractivity contribution >= 4 is 76.2 Å². The van der Waals surface area contributed by atoms with Crippen molar-refractivity contribution in [1.29, 1.82) is 0 Å². The van der Waals surface area contributed by atoms with Crippen molar-refractivity contribution < 1.29 is 50.5 Å². The third-order valence-electron chi connectivity index (χ3n) is 5.45. The number of nitrogens with one attached hydrogen (secondary N) is 1. The highest BCUT2D eigenvalue weighted by Crippen LogP contribution is 2.44. The van der Waals surface area contributed by atoms with Crippen molar-refractivity contribution in [3.8, 4) is 23.0 Å². The molecule has 2 aromatic carbocycles.